The van der Waals surface area contributed by atoms with Gasteiger partial charge in [-0.1, -0.05) is 24.3 Å². The van der Waals surface area contributed by atoms with Gasteiger partial charge < -0.3 is 15.2 Å². The fourth-order valence-electron chi connectivity index (χ4n) is 1.65. The predicted octanol–water partition coefficient (Wildman–Crippen LogP) is 1.61. The van der Waals surface area contributed by atoms with E-state index in [2.05, 4.69) is 5.32 Å². The summed E-state index contributed by atoms with van der Waals surface area (Å²) >= 11 is 0. The summed E-state index contributed by atoms with van der Waals surface area (Å²) in [5, 5.41) is 11.3. The Bertz CT molecular complexity index is 496. The lowest BCUT2D eigenvalue weighted by molar-refractivity contribution is -0.140. The van der Waals surface area contributed by atoms with Crippen LogP contribution in [0.4, 0.5) is 0 Å². The topological polar surface area (TPSA) is 75.6 Å². The number of aryl methyl sites for hydroxylation is 1. The van der Waals surface area contributed by atoms with Crippen molar-refractivity contribution in [2.24, 2.45) is 0 Å². The number of carboxylic acid groups (broad SMARTS) is 1. The van der Waals surface area contributed by atoms with Crippen LogP contribution in [0.2, 0.25) is 0 Å². The largest absolute Gasteiger partial charge is 0.481 e. The lowest BCUT2D eigenvalue weighted by Gasteiger charge is -2.12. The summed E-state index contributed by atoms with van der Waals surface area (Å²) in [6.07, 6.45) is 2.49. The Morgan fingerprint density at radius 1 is 1.40 bits per heavy atom. The molecule has 1 aromatic carbocycles. The molecule has 0 saturated carbocycles. The zero-order chi connectivity index (χ0) is 15.0. The molecule has 1 atom stereocenters. The van der Waals surface area contributed by atoms with Crippen molar-refractivity contribution in [2.75, 3.05) is 13.7 Å². The van der Waals surface area contributed by atoms with Gasteiger partial charge >= 0.3 is 5.97 Å². The maximum atomic E-state index is 11.6. The molecule has 5 nitrogen and oxygen atoms in total. The second-order valence-electron chi connectivity index (χ2n) is 4.39. The highest BCUT2D eigenvalue weighted by molar-refractivity contribution is 5.91. The number of carbonyl (C=O) groups is 2. The minimum atomic E-state index is -0.957. The van der Waals surface area contributed by atoms with Crippen molar-refractivity contribution in [1.29, 1.82) is 0 Å². The average Bonchev–Trinajstić information content (AvgIpc) is 2.42. The van der Waals surface area contributed by atoms with Crippen molar-refractivity contribution in [3.63, 3.8) is 0 Å². The summed E-state index contributed by atoms with van der Waals surface area (Å²) in [7, 11) is 1.42. The number of carboxylic acids is 1. The number of amides is 1. The molecule has 2 N–H and O–H groups in total. The minimum Gasteiger partial charge on any atom is -0.481 e. The SMILES string of the molecule is COC(CNC(=O)/C=C/c1ccccc1C)CC(=O)O. The number of rotatable bonds is 7. The Hall–Kier alpha value is -2.14. The van der Waals surface area contributed by atoms with E-state index in [9.17, 15) is 9.59 Å². The second-order valence-corrected chi connectivity index (χ2v) is 4.39. The number of methoxy groups -OCH3 is 1. The molecule has 108 valence electrons. The lowest BCUT2D eigenvalue weighted by Crippen LogP contribution is -2.33. The van der Waals surface area contributed by atoms with Gasteiger partial charge in [0.2, 0.25) is 5.91 Å². The number of benzene rings is 1. The third-order valence-corrected chi connectivity index (χ3v) is 2.84. The summed E-state index contributed by atoms with van der Waals surface area (Å²) in [4.78, 5) is 22.2. The van der Waals surface area contributed by atoms with Crippen molar-refractivity contribution in [2.45, 2.75) is 19.4 Å². The van der Waals surface area contributed by atoms with Crippen LogP contribution in [0.1, 0.15) is 17.5 Å². The molecule has 0 aliphatic rings. The number of hydrogen-bond donors (Lipinski definition) is 2. The fraction of sp³-hybridized carbons (Fsp3) is 0.333. The zero-order valence-electron chi connectivity index (χ0n) is 11.6. The first-order valence-corrected chi connectivity index (χ1v) is 6.29. The van der Waals surface area contributed by atoms with Gasteiger partial charge in [0.25, 0.3) is 0 Å². The molecule has 0 aliphatic heterocycles. The monoisotopic (exact) mass is 277 g/mol. The van der Waals surface area contributed by atoms with Gasteiger partial charge in [0.05, 0.1) is 12.5 Å². The van der Waals surface area contributed by atoms with Gasteiger partial charge in [-0.2, -0.15) is 0 Å². The molecule has 0 spiro atoms. The number of aliphatic carboxylic acids is 1. The molecule has 1 rings (SSSR count). The fourth-order valence-corrected chi connectivity index (χ4v) is 1.65. The first-order chi connectivity index (χ1) is 9.52. The molecule has 0 fully saturated rings. The van der Waals surface area contributed by atoms with E-state index in [0.717, 1.165) is 11.1 Å². The molecule has 0 aliphatic carbocycles. The number of carbonyl (C=O) groups excluding carboxylic acids is 1. The number of nitrogens with one attached hydrogen (secondary N) is 1. The van der Waals surface area contributed by atoms with Gasteiger partial charge in [-0.3, -0.25) is 9.59 Å². The minimum absolute atomic E-state index is 0.141. The van der Waals surface area contributed by atoms with E-state index in [1.54, 1.807) is 6.08 Å². The number of hydrogen-bond acceptors (Lipinski definition) is 3. The van der Waals surface area contributed by atoms with Crippen molar-refractivity contribution in [3.05, 3.63) is 41.5 Å². The molecule has 0 saturated heterocycles. The quantitative estimate of drug-likeness (QED) is 0.742. The van der Waals surface area contributed by atoms with Crippen LogP contribution in [0.25, 0.3) is 6.08 Å². The van der Waals surface area contributed by atoms with E-state index in [1.165, 1.54) is 13.2 Å². The normalized spacial score (nSPS) is 12.3. The third-order valence-electron chi connectivity index (χ3n) is 2.84. The molecule has 0 bridgehead atoms. The van der Waals surface area contributed by atoms with Gasteiger partial charge in [0, 0.05) is 19.7 Å². The van der Waals surface area contributed by atoms with E-state index in [-0.39, 0.29) is 18.9 Å². The van der Waals surface area contributed by atoms with E-state index in [1.807, 2.05) is 31.2 Å². The first-order valence-electron chi connectivity index (χ1n) is 6.29. The van der Waals surface area contributed by atoms with Crippen LogP contribution >= 0.6 is 0 Å². The summed E-state index contributed by atoms with van der Waals surface area (Å²) < 4.78 is 4.97. The highest BCUT2D eigenvalue weighted by Crippen LogP contribution is 2.08. The van der Waals surface area contributed by atoms with Crippen LogP contribution in [0.15, 0.2) is 30.3 Å². The summed E-state index contributed by atoms with van der Waals surface area (Å²) in [6, 6.07) is 7.72. The van der Waals surface area contributed by atoms with Crippen LogP contribution in [-0.2, 0) is 14.3 Å². The smallest absolute Gasteiger partial charge is 0.306 e. The van der Waals surface area contributed by atoms with Gasteiger partial charge in [0.1, 0.15) is 0 Å². The maximum Gasteiger partial charge on any atom is 0.306 e. The molecule has 1 amide bonds. The Labute approximate surface area is 118 Å². The molecule has 0 aromatic heterocycles. The van der Waals surface area contributed by atoms with Gasteiger partial charge in [0.15, 0.2) is 0 Å². The Morgan fingerprint density at radius 2 is 2.10 bits per heavy atom. The third kappa shape index (κ3) is 5.67. The van der Waals surface area contributed by atoms with Gasteiger partial charge in [-0.05, 0) is 24.1 Å². The highest BCUT2D eigenvalue weighted by atomic mass is 16.5. The molecule has 1 aromatic rings. The highest BCUT2D eigenvalue weighted by Gasteiger charge is 2.12. The van der Waals surface area contributed by atoms with Gasteiger partial charge in [-0.25, -0.2) is 0 Å². The van der Waals surface area contributed by atoms with Crippen molar-refractivity contribution in [1.82, 2.24) is 5.32 Å². The van der Waals surface area contributed by atoms with Gasteiger partial charge in [-0.15, -0.1) is 0 Å². The molecule has 5 heteroatoms. The first kappa shape index (κ1) is 15.9. The van der Waals surface area contributed by atoms with Crippen molar-refractivity contribution in [3.8, 4) is 0 Å². The van der Waals surface area contributed by atoms with E-state index in [0.29, 0.717) is 0 Å². The maximum absolute atomic E-state index is 11.6. The second kappa shape index (κ2) is 8.12. The van der Waals surface area contributed by atoms with E-state index >= 15 is 0 Å². The van der Waals surface area contributed by atoms with Crippen LogP contribution in [0, 0.1) is 6.92 Å². The average molecular weight is 277 g/mol. The summed E-state index contributed by atoms with van der Waals surface area (Å²) in [6.45, 7) is 2.13. The molecular formula is C15H19NO4. The van der Waals surface area contributed by atoms with E-state index in [4.69, 9.17) is 9.84 Å². The molecule has 20 heavy (non-hydrogen) atoms. The van der Waals surface area contributed by atoms with Crippen LogP contribution in [0.3, 0.4) is 0 Å². The standard InChI is InChI=1S/C15H19NO4/c1-11-5-3-4-6-12(11)7-8-14(17)16-10-13(20-2)9-15(18)19/h3-8,13H,9-10H2,1-2H3,(H,16,17)(H,18,19)/b8-7+. The Kier molecular flexibility index (Phi) is 6.46. The summed E-state index contributed by atoms with van der Waals surface area (Å²) in [5.41, 5.74) is 2.05. The summed E-state index contributed by atoms with van der Waals surface area (Å²) in [5.74, 6) is -1.23. The Morgan fingerprint density at radius 3 is 2.70 bits per heavy atom. The molecule has 0 heterocycles. The molecule has 0 radical (unpaired) electrons. The van der Waals surface area contributed by atoms with Crippen molar-refractivity contribution >= 4 is 18.0 Å². The van der Waals surface area contributed by atoms with Crippen LogP contribution in [-0.4, -0.2) is 36.7 Å². The molecular weight excluding hydrogens is 258 g/mol. The Balaban J connectivity index is 2.47. The zero-order valence-corrected chi connectivity index (χ0v) is 11.6. The van der Waals surface area contributed by atoms with E-state index < -0.39 is 12.1 Å². The number of ether oxygens (including phenoxy) is 1. The van der Waals surface area contributed by atoms with Crippen LogP contribution in [0.5, 0.6) is 0 Å². The lowest BCUT2D eigenvalue weighted by atomic mass is 10.1. The van der Waals surface area contributed by atoms with Crippen LogP contribution < -0.4 is 5.32 Å². The van der Waals surface area contributed by atoms with Crippen molar-refractivity contribution < 1.29 is 19.4 Å². The molecule has 1 unspecified atom stereocenters. The predicted molar refractivity (Wildman–Crippen MR) is 76.3 cm³/mol.